The molecular weight excluding hydrogens is 254 g/mol. The maximum Gasteiger partial charge on any atom is 0.243 e. The molecular formula is C14H21N5O. The molecule has 2 aromatic heterocycles. The molecule has 0 spiro atoms. The van der Waals surface area contributed by atoms with Gasteiger partial charge in [-0.3, -0.25) is 0 Å². The maximum atomic E-state index is 6.12. The Morgan fingerprint density at radius 1 is 1.30 bits per heavy atom. The standard InChI is InChI=1S/C14H21N5O/c15-12(7-11-8-16-9-17-11)14-18-13(19-20-14)10-5-3-1-2-4-6-10/h8-10,12H,1-7,15H2,(H,16,17)/t12-/m1/s1. The van der Waals surface area contributed by atoms with Crippen LogP contribution in [0.2, 0.25) is 0 Å². The van der Waals surface area contributed by atoms with E-state index >= 15 is 0 Å². The van der Waals surface area contributed by atoms with Crippen LogP contribution in [0.15, 0.2) is 17.0 Å². The molecule has 1 saturated carbocycles. The van der Waals surface area contributed by atoms with Gasteiger partial charge >= 0.3 is 0 Å². The summed E-state index contributed by atoms with van der Waals surface area (Å²) < 4.78 is 5.35. The molecule has 3 rings (SSSR count). The van der Waals surface area contributed by atoms with Crippen molar-refractivity contribution in [1.82, 2.24) is 20.1 Å². The van der Waals surface area contributed by atoms with Gasteiger partial charge in [0.05, 0.1) is 12.4 Å². The lowest BCUT2D eigenvalue weighted by atomic mass is 10.00. The Kier molecular flexibility index (Phi) is 4.11. The van der Waals surface area contributed by atoms with E-state index in [0.717, 1.165) is 24.4 Å². The van der Waals surface area contributed by atoms with Crippen molar-refractivity contribution in [3.63, 3.8) is 0 Å². The van der Waals surface area contributed by atoms with Gasteiger partial charge in [0, 0.05) is 24.2 Å². The van der Waals surface area contributed by atoms with Crippen LogP contribution in [0.5, 0.6) is 0 Å². The molecule has 1 aliphatic carbocycles. The summed E-state index contributed by atoms with van der Waals surface area (Å²) in [6, 6.07) is -0.275. The maximum absolute atomic E-state index is 6.12. The molecule has 0 radical (unpaired) electrons. The Bertz CT molecular complexity index is 513. The van der Waals surface area contributed by atoms with Crippen molar-refractivity contribution >= 4 is 0 Å². The number of nitrogens with two attached hydrogens (primary N) is 1. The molecule has 1 aliphatic rings. The molecule has 2 heterocycles. The van der Waals surface area contributed by atoms with Crippen molar-refractivity contribution in [1.29, 1.82) is 0 Å². The predicted molar refractivity (Wildman–Crippen MR) is 74.0 cm³/mol. The van der Waals surface area contributed by atoms with E-state index in [2.05, 4.69) is 20.1 Å². The van der Waals surface area contributed by atoms with Gasteiger partial charge in [-0.15, -0.1) is 0 Å². The minimum absolute atomic E-state index is 0.275. The normalized spacial score (nSPS) is 18.9. The molecule has 0 aliphatic heterocycles. The van der Waals surface area contributed by atoms with Crippen LogP contribution in [0, 0.1) is 0 Å². The lowest BCUT2D eigenvalue weighted by Gasteiger charge is -2.08. The van der Waals surface area contributed by atoms with Gasteiger partial charge in [-0.25, -0.2) is 4.98 Å². The zero-order valence-corrected chi connectivity index (χ0v) is 11.6. The summed E-state index contributed by atoms with van der Waals surface area (Å²) in [7, 11) is 0. The van der Waals surface area contributed by atoms with Crippen molar-refractivity contribution in [3.8, 4) is 0 Å². The second kappa shape index (κ2) is 6.17. The van der Waals surface area contributed by atoms with Crippen molar-refractivity contribution < 1.29 is 4.52 Å². The van der Waals surface area contributed by atoms with Gasteiger partial charge in [0.25, 0.3) is 0 Å². The van der Waals surface area contributed by atoms with E-state index in [0.29, 0.717) is 18.2 Å². The van der Waals surface area contributed by atoms with Crippen molar-refractivity contribution in [2.24, 2.45) is 5.73 Å². The second-order valence-electron chi connectivity index (χ2n) is 5.57. The molecule has 0 amide bonds. The van der Waals surface area contributed by atoms with Crippen LogP contribution in [0.1, 0.15) is 67.9 Å². The summed E-state index contributed by atoms with van der Waals surface area (Å²) >= 11 is 0. The first-order valence-electron chi connectivity index (χ1n) is 7.39. The highest BCUT2D eigenvalue weighted by Crippen LogP contribution is 2.30. The number of aromatic amines is 1. The second-order valence-corrected chi connectivity index (χ2v) is 5.57. The summed E-state index contributed by atoms with van der Waals surface area (Å²) in [5.41, 5.74) is 7.09. The lowest BCUT2D eigenvalue weighted by Crippen LogP contribution is -2.14. The average Bonchev–Trinajstić information content (AvgIpc) is 3.06. The first-order valence-corrected chi connectivity index (χ1v) is 7.39. The molecule has 0 saturated heterocycles. The zero-order valence-electron chi connectivity index (χ0n) is 11.6. The predicted octanol–water partition coefficient (Wildman–Crippen LogP) is 2.47. The fourth-order valence-corrected chi connectivity index (χ4v) is 2.82. The monoisotopic (exact) mass is 275 g/mol. The lowest BCUT2D eigenvalue weighted by molar-refractivity contribution is 0.345. The number of hydrogen-bond acceptors (Lipinski definition) is 5. The zero-order chi connectivity index (χ0) is 13.8. The van der Waals surface area contributed by atoms with E-state index in [1.54, 1.807) is 12.5 Å². The Morgan fingerprint density at radius 3 is 2.80 bits per heavy atom. The molecule has 6 nitrogen and oxygen atoms in total. The van der Waals surface area contributed by atoms with Crippen LogP contribution < -0.4 is 5.73 Å². The quantitative estimate of drug-likeness (QED) is 0.836. The van der Waals surface area contributed by atoms with E-state index in [1.807, 2.05) is 0 Å². The molecule has 0 aromatic carbocycles. The van der Waals surface area contributed by atoms with Crippen molar-refractivity contribution in [2.75, 3.05) is 0 Å². The minimum atomic E-state index is -0.275. The van der Waals surface area contributed by atoms with E-state index < -0.39 is 0 Å². The summed E-state index contributed by atoms with van der Waals surface area (Å²) in [4.78, 5) is 11.5. The Labute approximate surface area is 118 Å². The number of nitrogens with one attached hydrogen (secondary N) is 1. The number of rotatable bonds is 4. The number of imidazole rings is 1. The van der Waals surface area contributed by atoms with Gasteiger partial charge in [0.2, 0.25) is 5.89 Å². The van der Waals surface area contributed by atoms with E-state index in [1.165, 1.54) is 25.7 Å². The summed E-state index contributed by atoms with van der Waals surface area (Å²) in [5, 5.41) is 4.14. The van der Waals surface area contributed by atoms with Crippen LogP contribution in [-0.4, -0.2) is 20.1 Å². The minimum Gasteiger partial charge on any atom is -0.348 e. The number of aromatic nitrogens is 4. The van der Waals surface area contributed by atoms with Gasteiger partial charge in [-0.2, -0.15) is 4.98 Å². The highest BCUT2D eigenvalue weighted by Gasteiger charge is 2.22. The summed E-state index contributed by atoms with van der Waals surface area (Å²) in [6.45, 7) is 0. The third kappa shape index (κ3) is 3.07. The first kappa shape index (κ1) is 13.3. The first-order chi connectivity index (χ1) is 9.83. The molecule has 0 bridgehead atoms. The molecule has 3 N–H and O–H groups in total. The van der Waals surface area contributed by atoms with Gasteiger partial charge in [0.1, 0.15) is 0 Å². The highest BCUT2D eigenvalue weighted by molar-refractivity contribution is 5.04. The van der Waals surface area contributed by atoms with Crippen LogP contribution in [0.25, 0.3) is 0 Å². The van der Waals surface area contributed by atoms with Crippen LogP contribution >= 0.6 is 0 Å². The summed E-state index contributed by atoms with van der Waals surface area (Å²) in [6.07, 6.45) is 11.5. The third-order valence-electron chi connectivity index (χ3n) is 3.99. The molecule has 6 heteroatoms. The van der Waals surface area contributed by atoms with Gasteiger partial charge in [0.15, 0.2) is 5.82 Å². The fraction of sp³-hybridized carbons (Fsp3) is 0.643. The molecule has 2 aromatic rings. The van der Waals surface area contributed by atoms with E-state index in [9.17, 15) is 0 Å². The van der Waals surface area contributed by atoms with Crippen LogP contribution in [-0.2, 0) is 6.42 Å². The van der Waals surface area contributed by atoms with Gasteiger partial charge in [-0.05, 0) is 12.8 Å². The van der Waals surface area contributed by atoms with Crippen molar-refractivity contribution in [3.05, 3.63) is 29.9 Å². The molecule has 20 heavy (non-hydrogen) atoms. The molecule has 1 fully saturated rings. The number of H-pyrrole nitrogens is 1. The van der Waals surface area contributed by atoms with Crippen LogP contribution in [0.4, 0.5) is 0 Å². The van der Waals surface area contributed by atoms with E-state index in [4.69, 9.17) is 10.3 Å². The fourth-order valence-electron chi connectivity index (χ4n) is 2.82. The highest BCUT2D eigenvalue weighted by atomic mass is 16.5. The molecule has 0 unspecified atom stereocenters. The molecule has 1 atom stereocenters. The van der Waals surface area contributed by atoms with Crippen molar-refractivity contribution in [2.45, 2.75) is 56.9 Å². The largest absolute Gasteiger partial charge is 0.348 e. The summed E-state index contributed by atoms with van der Waals surface area (Å²) in [5.74, 6) is 1.80. The van der Waals surface area contributed by atoms with Gasteiger partial charge < -0.3 is 15.2 Å². The van der Waals surface area contributed by atoms with Crippen LogP contribution in [0.3, 0.4) is 0 Å². The number of hydrogen-bond donors (Lipinski definition) is 2. The smallest absolute Gasteiger partial charge is 0.243 e. The Hall–Kier alpha value is -1.69. The SMILES string of the molecule is N[C@H](Cc1cnc[nH]1)c1nc(C2CCCCCC2)no1. The Morgan fingerprint density at radius 2 is 2.10 bits per heavy atom. The topological polar surface area (TPSA) is 93.6 Å². The van der Waals surface area contributed by atoms with Gasteiger partial charge in [-0.1, -0.05) is 30.8 Å². The number of nitrogens with zero attached hydrogens (tertiary/aromatic N) is 3. The average molecular weight is 275 g/mol. The Balaban J connectivity index is 1.66. The third-order valence-corrected chi connectivity index (χ3v) is 3.99. The van der Waals surface area contributed by atoms with E-state index in [-0.39, 0.29) is 6.04 Å². The molecule has 108 valence electrons.